The summed E-state index contributed by atoms with van der Waals surface area (Å²) in [5, 5.41) is 3.10. The predicted molar refractivity (Wildman–Crippen MR) is 109 cm³/mol. The van der Waals surface area contributed by atoms with Crippen molar-refractivity contribution >= 4 is 39.0 Å². The van der Waals surface area contributed by atoms with E-state index in [1.165, 1.54) is 7.05 Å². The number of halogens is 1. The number of ether oxygens (including phenoxy) is 1. The van der Waals surface area contributed by atoms with Crippen molar-refractivity contribution in [1.29, 1.82) is 0 Å². The third-order valence-corrected chi connectivity index (χ3v) is 4.60. The molecule has 1 aliphatic rings. The first-order chi connectivity index (χ1) is 12.9. The van der Waals surface area contributed by atoms with Crippen LogP contribution in [0.4, 0.5) is 5.69 Å². The van der Waals surface area contributed by atoms with Crippen molar-refractivity contribution < 1.29 is 14.3 Å². The molecule has 0 atom stereocenters. The molecule has 2 aromatic carbocycles. The second-order valence-electron chi connectivity index (χ2n) is 6.78. The van der Waals surface area contributed by atoms with E-state index >= 15 is 0 Å². The third-order valence-electron chi connectivity index (χ3n) is 4.11. The van der Waals surface area contributed by atoms with Gasteiger partial charge in [-0.15, -0.1) is 0 Å². The van der Waals surface area contributed by atoms with E-state index in [-0.39, 0.29) is 17.5 Å². The summed E-state index contributed by atoms with van der Waals surface area (Å²) in [6, 6.07) is 14.7. The van der Waals surface area contributed by atoms with E-state index in [0.717, 1.165) is 20.8 Å². The monoisotopic (exact) mass is 428 g/mol. The highest BCUT2D eigenvalue weighted by atomic mass is 79.9. The summed E-state index contributed by atoms with van der Waals surface area (Å²) in [6.07, 6.45) is 0. The van der Waals surface area contributed by atoms with Gasteiger partial charge in [-0.2, -0.15) is 0 Å². The molecule has 6 heteroatoms. The summed E-state index contributed by atoms with van der Waals surface area (Å²) >= 11 is 3.41. The Morgan fingerprint density at radius 2 is 1.78 bits per heavy atom. The Labute approximate surface area is 167 Å². The van der Waals surface area contributed by atoms with E-state index in [4.69, 9.17) is 4.74 Å². The van der Waals surface area contributed by atoms with Gasteiger partial charge in [0, 0.05) is 17.2 Å². The van der Waals surface area contributed by atoms with Crippen molar-refractivity contribution in [1.82, 2.24) is 4.90 Å². The van der Waals surface area contributed by atoms with Crippen molar-refractivity contribution in [3.05, 3.63) is 64.3 Å². The first kappa shape index (κ1) is 19.2. The van der Waals surface area contributed by atoms with Gasteiger partial charge in [0.05, 0.1) is 12.2 Å². The van der Waals surface area contributed by atoms with E-state index in [2.05, 4.69) is 35.1 Å². The molecule has 0 saturated heterocycles. The second kappa shape index (κ2) is 7.96. The van der Waals surface area contributed by atoms with Crippen LogP contribution in [-0.2, 0) is 9.59 Å². The minimum Gasteiger partial charge on any atom is -0.493 e. The summed E-state index contributed by atoms with van der Waals surface area (Å²) in [5.74, 6) is 0.485. The number of carbonyl (C=O) groups excluding carboxylic acids is 2. The lowest BCUT2D eigenvalue weighted by Crippen LogP contribution is -2.27. The van der Waals surface area contributed by atoms with Crippen molar-refractivity contribution in [2.45, 2.75) is 13.8 Å². The highest BCUT2D eigenvalue weighted by Crippen LogP contribution is 2.31. The lowest BCUT2D eigenvalue weighted by molar-refractivity contribution is -0.135. The van der Waals surface area contributed by atoms with Crippen molar-refractivity contribution in [2.24, 2.45) is 5.92 Å². The van der Waals surface area contributed by atoms with E-state index < -0.39 is 0 Å². The predicted octanol–water partition coefficient (Wildman–Crippen LogP) is 4.31. The number of rotatable bonds is 6. The van der Waals surface area contributed by atoms with E-state index in [0.29, 0.717) is 23.7 Å². The molecule has 27 heavy (non-hydrogen) atoms. The minimum absolute atomic E-state index is 0.274. The molecule has 1 aliphatic heterocycles. The summed E-state index contributed by atoms with van der Waals surface area (Å²) in [7, 11) is 1.49. The highest BCUT2D eigenvalue weighted by molar-refractivity contribution is 9.10. The minimum atomic E-state index is -0.352. The van der Waals surface area contributed by atoms with Crippen molar-refractivity contribution in [3.8, 4) is 5.75 Å². The van der Waals surface area contributed by atoms with Gasteiger partial charge in [0.25, 0.3) is 11.8 Å². The normalized spacial score (nSPS) is 14.3. The molecule has 0 saturated carbocycles. The largest absolute Gasteiger partial charge is 0.493 e. The molecule has 3 rings (SSSR count). The number of likely N-dealkylation sites (N-methyl/N-ethyl adjacent to an activating group) is 1. The van der Waals surface area contributed by atoms with Gasteiger partial charge < -0.3 is 10.1 Å². The molecule has 1 heterocycles. The van der Waals surface area contributed by atoms with Crippen LogP contribution in [0.3, 0.4) is 0 Å². The molecule has 0 unspecified atom stereocenters. The molecule has 0 bridgehead atoms. The number of amides is 2. The van der Waals surface area contributed by atoms with Gasteiger partial charge in [-0.1, -0.05) is 48.0 Å². The Balaban J connectivity index is 1.94. The smallest absolute Gasteiger partial charge is 0.277 e. The fourth-order valence-corrected chi connectivity index (χ4v) is 3.12. The number of nitrogens with one attached hydrogen (secondary N) is 1. The molecule has 1 N–H and O–H groups in total. The van der Waals surface area contributed by atoms with Gasteiger partial charge in [0.15, 0.2) is 0 Å². The van der Waals surface area contributed by atoms with Gasteiger partial charge in [-0.3, -0.25) is 14.5 Å². The number of benzene rings is 2. The van der Waals surface area contributed by atoms with E-state index in [1.54, 1.807) is 12.1 Å². The topological polar surface area (TPSA) is 58.6 Å². The zero-order valence-electron chi connectivity index (χ0n) is 15.5. The summed E-state index contributed by atoms with van der Waals surface area (Å²) < 4.78 is 6.57. The molecule has 0 fully saturated rings. The molecule has 2 amide bonds. The van der Waals surface area contributed by atoms with Gasteiger partial charge in [0.2, 0.25) is 0 Å². The van der Waals surface area contributed by atoms with Crippen molar-refractivity contribution in [2.75, 3.05) is 19.0 Å². The molecule has 2 aromatic rings. The van der Waals surface area contributed by atoms with Crippen LogP contribution in [0.5, 0.6) is 5.75 Å². The van der Waals surface area contributed by atoms with Crippen LogP contribution in [0.2, 0.25) is 0 Å². The quantitative estimate of drug-likeness (QED) is 0.696. The number of nitrogens with zero attached hydrogens (tertiary/aromatic N) is 1. The fraction of sp³-hybridized carbons (Fsp3) is 0.238. The number of hydrogen-bond donors (Lipinski definition) is 1. The van der Waals surface area contributed by atoms with Gasteiger partial charge >= 0.3 is 0 Å². The zero-order valence-corrected chi connectivity index (χ0v) is 17.0. The van der Waals surface area contributed by atoms with Gasteiger partial charge in [0.1, 0.15) is 11.4 Å². The Morgan fingerprint density at radius 3 is 2.41 bits per heavy atom. The van der Waals surface area contributed by atoms with Crippen LogP contribution in [0.1, 0.15) is 19.4 Å². The second-order valence-corrected chi connectivity index (χ2v) is 7.70. The SMILES string of the molecule is CC(C)COc1ccc(C2=C(Nc3cccc(Br)c3)C(=O)N(C)C2=O)cc1. The Morgan fingerprint density at radius 1 is 1.07 bits per heavy atom. The van der Waals surface area contributed by atoms with Gasteiger partial charge in [-0.25, -0.2) is 0 Å². The Bertz CT molecular complexity index is 904. The van der Waals surface area contributed by atoms with Crippen LogP contribution in [0.25, 0.3) is 5.57 Å². The number of hydrogen-bond acceptors (Lipinski definition) is 4. The maximum absolute atomic E-state index is 12.7. The molecule has 5 nitrogen and oxygen atoms in total. The van der Waals surface area contributed by atoms with Crippen molar-refractivity contribution in [3.63, 3.8) is 0 Å². The van der Waals surface area contributed by atoms with Crippen LogP contribution >= 0.6 is 15.9 Å². The van der Waals surface area contributed by atoms with E-state index in [1.807, 2.05) is 36.4 Å². The molecule has 0 aliphatic carbocycles. The molecule has 140 valence electrons. The summed E-state index contributed by atoms with van der Waals surface area (Å²) in [6.45, 7) is 4.79. The number of anilines is 1. The molecular formula is C21H21BrN2O3. The molecule has 0 radical (unpaired) electrons. The van der Waals surface area contributed by atoms with Crippen LogP contribution < -0.4 is 10.1 Å². The number of carbonyl (C=O) groups is 2. The van der Waals surface area contributed by atoms with Crippen LogP contribution in [0.15, 0.2) is 58.7 Å². The summed E-state index contributed by atoms with van der Waals surface area (Å²) in [4.78, 5) is 26.4. The average Bonchev–Trinajstić information content (AvgIpc) is 2.84. The van der Waals surface area contributed by atoms with Crippen LogP contribution in [-0.4, -0.2) is 30.4 Å². The summed E-state index contributed by atoms with van der Waals surface area (Å²) in [5.41, 5.74) is 2.03. The highest BCUT2D eigenvalue weighted by Gasteiger charge is 2.36. The average molecular weight is 429 g/mol. The van der Waals surface area contributed by atoms with Crippen LogP contribution in [0, 0.1) is 5.92 Å². The van der Waals surface area contributed by atoms with E-state index in [9.17, 15) is 9.59 Å². The third kappa shape index (κ3) is 4.22. The first-order valence-electron chi connectivity index (χ1n) is 8.69. The fourth-order valence-electron chi connectivity index (χ4n) is 2.72. The number of imide groups is 1. The zero-order chi connectivity index (χ0) is 19.6. The molecule has 0 spiro atoms. The van der Waals surface area contributed by atoms with Gasteiger partial charge in [-0.05, 0) is 41.8 Å². The maximum atomic E-state index is 12.7. The lowest BCUT2D eigenvalue weighted by atomic mass is 10.0. The standard InChI is InChI=1S/C21H21BrN2O3/c1-13(2)12-27-17-9-7-14(8-10-17)18-19(21(26)24(3)20(18)25)23-16-6-4-5-15(22)11-16/h4-11,13,23H,12H2,1-3H3. The molecular weight excluding hydrogens is 408 g/mol. The first-order valence-corrected chi connectivity index (χ1v) is 9.48. The maximum Gasteiger partial charge on any atom is 0.277 e. The Hall–Kier alpha value is -2.60. The Kier molecular flexibility index (Phi) is 5.65. The lowest BCUT2D eigenvalue weighted by Gasteiger charge is -2.10. The molecule has 0 aromatic heterocycles.